The number of hydrogen-bond acceptors (Lipinski definition) is 4. The van der Waals surface area contributed by atoms with Gasteiger partial charge in [0.05, 0.1) is 16.8 Å². The maximum Gasteiger partial charge on any atom is 0.259 e. The molecule has 3 heterocycles. The second-order valence-corrected chi connectivity index (χ2v) is 6.10. The highest BCUT2D eigenvalue weighted by molar-refractivity contribution is 9.10. The van der Waals surface area contributed by atoms with Crippen LogP contribution >= 0.6 is 15.9 Å². The van der Waals surface area contributed by atoms with E-state index in [-0.39, 0.29) is 11.8 Å². The lowest BCUT2D eigenvalue weighted by Gasteiger charge is -2.34. The maximum absolute atomic E-state index is 12.5. The highest BCUT2D eigenvalue weighted by atomic mass is 79.9. The molecule has 1 fully saturated rings. The van der Waals surface area contributed by atoms with E-state index in [1.165, 1.54) is 6.20 Å². The van der Waals surface area contributed by atoms with Crippen LogP contribution in [0.1, 0.15) is 23.7 Å². The Hall–Kier alpha value is -1.47. The molecule has 106 valence electrons. The van der Waals surface area contributed by atoms with E-state index in [2.05, 4.69) is 26.0 Å². The molecular weight excluding hydrogens is 324 g/mol. The predicted octanol–water partition coefficient (Wildman–Crippen LogP) is 1.33. The molecule has 1 saturated heterocycles. The summed E-state index contributed by atoms with van der Waals surface area (Å²) in [4.78, 5) is 18.4. The lowest BCUT2D eigenvalue weighted by Crippen LogP contribution is -2.45. The van der Waals surface area contributed by atoms with Gasteiger partial charge in [0.25, 0.3) is 5.91 Å². The molecule has 1 aliphatic rings. The van der Waals surface area contributed by atoms with Crippen LogP contribution in [0.4, 0.5) is 0 Å². The molecule has 0 spiro atoms. The zero-order valence-electron chi connectivity index (χ0n) is 11.0. The highest BCUT2D eigenvalue weighted by Crippen LogP contribution is 2.20. The van der Waals surface area contributed by atoms with Gasteiger partial charge in [-0.2, -0.15) is 5.10 Å². The predicted molar refractivity (Wildman–Crippen MR) is 76.4 cm³/mol. The van der Waals surface area contributed by atoms with Gasteiger partial charge in [-0.1, -0.05) is 6.92 Å². The zero-order chi connectivity index (χ0) is 14.3. The molecule has 7 heteroatoms. The fourth-order valence-electron chi connectivity index (χ4n) is 2.41. The molecule has 2 atom stereocenters. The Morgan fingerprint density at radius 1 is 1.50 bits per heavy atom. The molecule has 1 N–H and O–H groups in total. The third kappa shape index (κ3) is 2.31. The van der Waals surface area contributed by atoms with E-state index in [1.54, 1.807) is 21.8 Å². The van der Waals surface area contributed by atoms with Crippen molar-refractivity contribution in [3.05, 3.63) is 28.6 Å². The van der Waals surface area contributed by atoms with Gasteiger partial charge in [-0.3, -0.25) is 4.79 Å². The van der Waals surface area contributed by atoms with Gasteiger partial charge in [0.1, 0.15) is 5.56 Å². The van der Waals surface area contributed by atoms with Crippen LogP contribution in [0.2, 0.25) is 0 Å². The monoisotopic (exact) mass is 338 g/mol. The number of fused-ring (bicyclic) bond motifs is 1. The number of hydrogen-bond donors (Lipinski definition) is 1. The van der Waals surface area contributed by atoms with Crippen molar-refractivity contribution in [3.8, 4) is 0 Å². The number of nitrogens with zero attached hydrogens (tertiary/aromatic N) is 4. The molecule has 2 aromatic heterocycles. The average molecular weight is 339 g/mol. The molecule has 0 bridgehead atoms. The fraction of sp³-hybridized carbons (Fsp3) is 0.462. The van der Waals surface area contributed by atoms with Gasteiger partial charge in [-0.25, -0.2) is 9.50 Å². The average Bonchev–Trinajstić information content (AvgIpc) is 2.84. The largest absolute Gasteiger partial charge is 0.391 e. The van der Waals surface area contributed by atoms with E-state index < -0.39 is 6.10 Å². The smallest absolute Gasteiger partial charge is 0.259 e. The van der Waals surface area contributed by atoms with Crippen molar-refractivity contribution in [1.82, 2.24) is 19.5 Å². The normalized spacial score (nSPS) is 23.2. The molecule has 1 amide bonds. The lowest BCUT2D eigenvalue weighted by molar-refractivity contribution is 0.0249. The lowest BCUT2D eigenvalue weighted by atomic mass is 9.96. The number of aromatic nitrogens is 3. The van der Waals surface area contributed by atoms with Gasteiger partial charge in [0, 0.05) is 25.5 Å². The van der Waals surface area contributed by atoms with Crippen LogP contribution in [-0.2, 0) is 0 Å². The highest BCUT2D eigenvalue weighted by Gasteiger charge is 2.29. The molecule has 1 aliphatic heterocycles. The number of amides is 1. The number of carbonyl (C=O) groups excluding carboxylic acids is 1. The summed E-state index contributed by atoms with van der Waals surface area (Å²) in [5.41, 5.74) is 1.01. The van der Waals surface area contributed by atoms with Crippen molar-refractivity contribution in [2.45, 2.75) is 19.4 Å². The summed E-state index contributed by atoms with van der Waals surface area (Å²) < 4.78 is 2.37. The van der Waals surface area contributed by atoms with Crippen LogP contribution in [0.15, 0.2) is 23.1 Å². The molecule has 0 aromatic carbocycles. The van der Waals surface area contributed by atoms with Gasteiger partial charge in [-0.15, -0.1) is 0 Å². The molecular formula is C13H15BrN4O2. The quantitative estimate of drug-likeness (QED) is 0.851. The van der Waals surface area contributed by atoms with Crippen molar-refractivity contribution in [1.29, 1.82) is 0 Å². The Balaban J connectivity index is 1.89. The van der Waals surface area contributed by atoms with Gasteiger partial charge >= 0.3 is 0 Å². The van der Waals surface area contributed by atoms with Crippen molar-refractivity contribution >= 4 is 27.5 Å². The third-order valence-electron chi connectivity index (χ3n) is 3.76. The summed E-state index contributed by atoms with van der Waals surface area (Å²) in [7, 11) is 0. The van der Waals surface area contributed by atoms with Gasteiger partial charge in [-0.05, 0) is 28.3 Å². The van der Waals surface area contributed by atoms with E-state index in [1.807, 2.05) is 6.92 Å². The fourth-order valence-corrected chi connectivity index (χ4v) is 2.70. The number of aliphatic hydroxyl groups is 1. The first-order chi connectivity index (χ1) is 9.56. The number of halogens is 1. The maximum atomic E-state index is 12.5. The van der Waals surface area contributed by atoms with E-state index in [4.69, 9.17) is 0 Å². The molecule has 6 nitrogen and oxygen atoms in total. The summed E-state index contributed by atoms with van der Waals surface area (Å²) in [5, 5.41) is 14.1. The second-order valence-electron chi connectivity index (χ2n) is 5.18. The van der Waals surface area contributed by atoms with Gasteiger partial charge in [0.15, 0.2) is 5.65 Å². The van der Waals surface area contributed by atoms with Crippen LogP contribution in [-0.4, -0.2) is 49.7 Å². The van der Waals surface area contributed by atoms with Crippen LogP contribution in [0, 0.1) is 5.92 Å². The summed E-state index contributed by atoms with van der Waals surface area (Å²) in [6.07, 6.45) is 5.27. The Bertz CT molecular complexity index is 657. The van der Waals surface area contributed by atoms with E-state index in [0.29, 0.717) is 24.3 Å². The summed E-state index contributed by atoms with van der Waals surface area (Å²) in [6.45, 7) is 3.03. The number of rotatable bonds is 1. The minimum absolute atomic E-state index is 0.124. The molecule has 2 unspecified atom stereocenters. The number of carbonyl (C=O) groups is 1. The van der Waals surface area contributed by atoms with Crippen molar-refractivity contribution in [2.24, 2.45) is 5.92 Å². The standard InChI is InChI=1S/C13H15BrN4O2/c1-8-2-3-17(7-11(8)19)13(20)10-5-16-18-6-9(14)4-15-12(10)18/h4-6,8,11,19H,2-3,7H2,1H3. The van der Waals surface area contributed by atoms with Crippen LogP contribution in [0.25, 0.3) is 5.65 Å². The number of aliphatic hydroxyl groups excluding tert-OH is 1. The van der Waals surface area contributed by atoms with Crippen molar-refractivity contribution < 1.29 is 9.90 Å². The first-order valence-corrected chi connectivity index (χ1v) is 7.32. The minimum atomic E-state index is -0.461. The Morgan fingerprint density at radius 2 is 2.30 bits per heavy atom. The van der Waals surface area contributed by atoms with Crippen LogP contribution in [0.3, 0.4) is 0 Å². The molecule has 2 aromatic rings. The minimum Gasteiger partial charge on any atom is -0.391 e. The van der Waals surface area contributed by atoms with Crippen LogP contribution in [0.5, 0.6) is 0 Å². The molecule has 3 rings (SSSR count). The van der Waals surface area contributed by atoms with E-state index in [9.17, 15) is 9.90 Å². The van der Waals surface area contributed by atoms with Crippen molar-refractivity contribution in [2.75, 3.05) is 13.1 Å². The number of β-amino-alcohol motifs (C(OH)–C–C–N with tert-alkyl or cyclic N) is 1. The first-order valence-electron chi connectivity index (χ1n) is 6.52. The Kier molecular flexibility index (Phi) is 3.47. The summed E-state index contributed by atoms with van der Waals surface area (Å²) in [6, 6.07) is 0. The van der Waals surface area contributed by atoms with Crippen molar-refractivity contribution in [3.63, 3.8) is 0 Å². The van der Waals surface area contributed by atoms with Crippen LogP contribution < -0.4 is 0 Å². The van der Waals surface area contributed by atoms with E-state index in [0.717, 1.165) is 10.9 Å². The first kappa shape index (κ1) is 13.5. The molecule has 0 saturated carbocycles. The second kappa shape index (κ2) is 5.14. The van der Waals surface area contributed by atoms with E-state index >= 15 is 0 Å². The number of piperidine rings is 1. The Morgan fingerprint density at radius 3 is 3.05 bits per heavy atom. The topological polar surface area (TPSA) is 70.7 Å². The van der Waals surface area contributed by atoms with Gasteiger partial charge < -0.3 is 10.0 Å². The SMILES string of the molecule is CC1CCN(C(=O)c2cnn3cc(Br)cnc23)CC1O. The number of likely N-dealkylation sites (tertiary alicyclic amines) is 1. The molecule has 0 aliphatic carbocycles. The summed E-state index contributed by atoms with van der Waals surface area (Å²) >= 11 is 3.32. The Labute approximate surface area is 124 Å². The summed E-state index contributed by atoms with van der Waals surface area (Å²) in [5.74, 6) is 0.109. The third-order valence-corrected chi connectivity index (χ3v) is 4.17. The molecule has 0 radical (unpaired) electrons. The van der Waals surface area contributed by atoms with Gasteiger partial charge in [0.2, 0.25) is 0 Å². The molecule has 20 heavy (non-hydrogen) atoms. The zero-order valence-corrected chi connectivity index (χ0v) is 12.6.